The predicted molar refractivity (Wildman–Crippen MR) is 84.1 cm³/mol. The van der Waals surface area contributed by atoms with E-state index in [1.54, 1.807) is 0 Å². The second-order valence-corrected chi connectivity index (χ2v) is 5.89. The van der Waals surface area contributed by atoms with E-state index in [9.17, 15) is 0 Å². The van der Waals surface area contributed by atoms with Crippen molar-refractivity contribution in [2.45, 2.75) is 25.4 Å². The van der Waals surface area contributed by atoms with E-state index in [4.69, 9.17) is 11.6 Å². The quantitative estimate of drug-likeness (QED) is 0.880. The van der Waals surface area contributed by atoms with Gasteiger partial charge in [-0.05, 0) is 45.1 Å². The monoisotopic (exact) mass is 289 g/mol. The molecule has 0 bridgehead atoms. The van der Waals surface area contributed by atoms with Gasteiger partial charge in [-0.3, -0.25) is 4.90 Å². The lowest BCUT2D eigenvalue weighted by molar-refractivity contribution is 0.192. The summed E-state index contributed by atoms with van der Waals surface area (Å²) in [6.45, 7) is 3.08. The van der Waals surface area contributed by atoms with Gasteiger partial charge in [0.25, 0.3) is 0 Å². The van der Waals surface area contributed by atoms with Crippen molar-refractivity contribution in [2.75, 3.05) is 20.1 Å². The van der Waals surface area contributed by atoms with Crippen molar-refractivity contribution in [1.82, 2.24) is 15.2 Å². The van der Waals surface area contributed by atoms with Crippen LogP contribution in [0.25, 0.3) is 10.9 Å². The van der Waals surface area contributed by atoms with Gasteiger partial charge in [0.05, 0.1) is 5.52 Å². The maximum atomic E-state index is 6.34. The third kappa shape index (κ3) is 2.95. The molecule has 20 heavy (non-hydrogen) atoms. The lowest BCUT2D eigenvalue weighted by atomic mass is 10.0. The Morgan fingerprint density at radius 1 is 1.30 bits per heavy atom. The maximum Gasteiger partial charge on any atom is 0.134 e. The lowest BCUT2D eigenvalue weighted by Crippen LogP contribution is -2.40. The highest BCUT2D eigenvalue weighted by Gasteiger charge is 2.18. The number of piperidine rings is 1. The van der Waals surface area contributed by atoms with Crippen LogP contribution in [-0.4, -0.2) is 36.1 Å². The molecule has 1 aromatic carbocycles. The van der Waals surface area contributed by atoms with Crippen LogP contribution in [0.3, 0.4) is 0 Å². The van der Waals surface area contributed by atoms with Crippen molar-refractivity contribution in [1.29, 1.82) is 0 Å². The normalized spacial score (nSPS) is 16.9. The Kier molecular flexibility index (Phi) is 4.20. The van der Waals surface area contributed by atoms with Crippen molar-refractivity contribution in [3.8, 4) is 0 Å². The summed E-state index contributed by atoms with van der Waals surface area (Å²) in [6.07, 6.45) is 2.41. The Balaban J connectivity index is 1.80. The SMILES string of the molecule is CN(Cc1cc2ccccc2nc1Cl)C1CCNCC1. The van der Waals surface area contributed by atoms with Gasteiger partial charge >= 0.3 is 0 Å². The zero-order valence-corrected chi connectivity index (χ0v) is 12.5. The summed E-state index contributed by atoms with van der Waals surface area (Å²) in [7, 11) is 2.18. The average molecular weight is 290 g/mol. The minimum absolute atomic E-state index is 0.629. The number of para-hydroxylation sites is 1. The van der Waals surface area contributed by atoms with Gasteiger partial charge in [0.2, 0.25) is 0 Å². The molecule has 3 rings (SSSR count). The highest BCUT2D eigenvalue weighted by Crippen LogP contribution is 2.23. The van der Waals surface area contributed by atoms with Crippen LogP contribution in [0.2, 0.25) is 5.15 Å². The molecule has 1 aliphatic heterocycles. The summed E-state index contributed by atoms with van der Waals surface area (Å²) >= 11 is 6.34. The highest BCUT2D eigenvalue weighted by molar-refractivity contribution is 6.30. The highest BCUT2D eigenvalue weighted by atomic mass is 35.5. The fourth-order valence-corrected chi connectivity index (χ4v) is 3.10. The van der Waals surface area contributed by atoms with Crippen LogP contribution in [0.1, 0.15) is 18.4 Å². The Hall–Kier alpha value is -1.16. The molecule has 4 heteroatoms. The van der Waals surface area contributed by atoms with Crippen molar-refractivity contribution in [3.05, 3.63) is 41.0 Å². The van der Waals surface area contributed by atoms with E-state index in [1.807, 2.05) is 18.2 Å². The molecule has 1 saturated heterocycles. The van der Waals surface area contributed by atoms with Gasteiger partial charge in [0.1, 0.15) is 5.15 Å². The molecule has 106 valence electrons. The molecule has 0 amide bonds. The van der Waals surface area contributed by atoms with Gasteiger partial charge in [-0.1, -0.05) is 29.8 Å². The van der Waals surface area contributed by atoms with E-state index in [0.717, 1.165) is 36.1 Å². The molecule has 2 aromatic rings. The molecule has 0 aliphatic carbocycles. The van der Waals surface area contributed by atoms with Crippen LogP contribution in [-0.2, 0) is 6.54 Å². The smallest absolute Gasteiger partial charge is 0.134 e. The molecule has 1 aliphatic rings. The van der Waals surface area contributed by atoms with E-state index in [-0.39, 0.29) is 0 Å². The maximum absolute atomic E-state index is 6.34. The van der Waals surface area contributed by atoms with E-state index >= 15 is 0 Å². The molecule has 0 atom stereocenters. The second kappa shape index (κ2) is 6.08. The molecule has 1 fully saturated rings. The number of aromatic nitrogens is 1. The largest absolute Gasteiger partial charge is 0.317 e. The Morgan fingerprint density at radius 3 is 2.85 bits per heavy atom. The van der Waals surface area contributed by atoms with Gasteiger partial charge in [-0.2, -0.15) is 0 Å². The van der Waals surface area contributed by atoms with Crippen LogP contribution in [0, 0.1) is 0 Å². The summed E-state index contributed by atoms with van der Waals surface area (Å²) in [4.78, 5) is 6.90. The first-order valence-corrected chi connectivity index (χ1v) is 7.57. The number of nitrogens with zero attached hydrogens (tertiary/aromatic N) is 2. The fraction of sp³-hybridized carbons (Fsp3) is 0.438. The molecule has 0 unspecified atom stereocenters. The number of rotatable bonds is 3. The fourth-order valence-electron chi connectivity index (χ4n) is 2.89. The number of pyridine rings is 1. The van der Waals surface area contributed by atoms with Crippen LogP contribution in [0.15, 0.2) is 30.3 Å². The number of nitrogens with one attached hydrogen (secondary N) is 1. The zero-order chi connectivity index (χ0) is 13.9. The first-order chi connectivity index (χ1) is 9.74. The Labute approximate surface area is 124 Å². The zero-order valence-electron chi connectivity index (χ0n) is 11.8. The van der Waals surface area contributed by atoms with Gasteiger partial charge < -0.3 is 5.32 Å². The van der Waals surface area contributed by atoms with E-state index < -0.39 is 0 Å². The topological polar surface area (TPSA) is 28.2 Å². The number of halogens is 1. The van der Waals surface area contributed by atoms with E-state index in [0.29, 0.717) is 11.2 Å². The summed E-state index contributed by atoms with van der Waals surface area (Å²) in [5, 5.41) is 5.19. The van der Waals surface area contributed by atoms with Crippen LogP contribution < -0.4 is 5.32 Å². The predicted octanol–water partition coefficient (Wildman–Crippen LogP) is 3.07. The number of fused-ring (bicyclic) bond motifs is 1. The van der Waals surface area contributed by atoms with Crippen molar-refractivity contribution >= 4 is 22.5 Å². The first kappa shape index (κ1) is 13.8. The summed E-state index contributed by atoms with van der Waals surface area (Å²) < 4.78 is 0. The minimum atomic E-state index is 0.629. The van der Waals surface area contributed by atoms with Gasteiger partial charge in [0.15, 0.2) is 0 Å². The van der Waals surface area contributed by atoms with Gasteiger partial charge in [0, 0.05) is 23.5 Å². The summed E-state index contributed by atoms with van der Waals surface area (Å²) in [5.74, 6) is 0. The number of hydrogen-bond donors (Lipinski definition) is 1. The third-order valence-electron chi connectivity index (χ3n) is 4.10. The van der Waals surface area contributed by atoms with Crippen LogP contribution >= 0.6 is 11.6 Å². The third-order valence-corrected chi connectivity index (χ3v) is 4.43. The second-order valence-electron chi connectivity index (χ2n) is 5.53. The molecular weight excluding hydrogens is 270 g/mol. The minimum Gasteiger partial charge on any atom is -0.317 e. The molecule has 2 heterocycles. The molecule has 1 N–H and O–H groups in total. The molecule has 0 spiro atoms. The van der Waals surface area contributed by atoms with Gasteiger partial charge in [-0.25, -0.2) is 4.98 Å². The Bertz CT molecular complexity index is 593. The molecular formula is C16H20ClN3. The van der Waals surface area contributed by atoms with Crippen LogP contribution in [0.4, 0.5) is 0 Å². The molecule has 3 nitrogen and oxygen atoms in total. The molecule has 1 aromatic heterocycles. The summed E-state index contributed by atoms with van der Waals surface area (Å²) in [5.41, 5.74) is 2.08. The van der Waals surface area contributed by atoms with Gasteiger partial charge in [-0.15, -0.1) is 0 Å². The summed E-state index contributed by atoms with van der Waals surface area (Å²) in [6, 6.07) is 10.9. The number of hydrogen-bond acceptors (Lipinski definition) is 3. The Morgan fingerprint density at radius 2 is 2.05 bits per heavy atom. The number of benzene rings is 1. The molecule has 0 saturated carbocycles. The lowest BCUT2D eigenvalue weighted by Gasteiger charge is -2.31. The van der Waals surface area contributed by atoms with E-state index in [2.05, 4.69) is 34.4 Å². The average Bonchev–Trinajstić information content (AvgIpc) is 2.49. The van der Waals surface area contributed by atoms with Crippen molar-refractivity contribution < 1.29 is 0 Å². The molecule has 0 radical (unpaired) electrons. The van der Waals surface area contributed by atoms with Crippen molar-refractivity contribution in [2.24, 2.45) is 0 Å². The standard InChI is InChI=1S/C16H20ClN3/c1-20(14-6-8-18-9-7-14)11-13-10-12-4-2-3-5-15(12)19-16(13)17/h2-5,10,14,18H,6-9,11H2,1H3. The van der Waals surface area contributed by atoms with Crippen LogP contribution in [0.5, 0.6) is 0 Å². The van der Waals surface area contributed by atoms with Crippen molar-refractivity contribution in [3.63, 3.8) is 0 Å². The van der Waals surface area contributed by atoms with E-state index in [1.165, 1.54) is 12.8 Å². The first-order valence-electron chi connectivity index (χ1n) is 7.19.